The number of likely N-dealkylation sites (tertiary alicyclic amines) is 1. The molecule has 2 heterocycles. The molecule has 2 amide bonds. The first-order chi connectivity index (χ1) is 12.6. The molecule has 7 heteroatoms. The predicted molar refractivity (Wildman–Crippen MR) is 100 cm³/mol. The van der Waals surface area contributed by atoms with Gasteiger partial charge in [-0.15, -0.1) is 0 Å². The zero-order chi connectivity index (χ0) is 18.4. The fraction of sp³-hybridized carbons (Fsp3) is 0.263. The number of nitrogens with one attached hydrogen (secondary N) is 1. The number of carbonyl (C=O) groups excluding carboxylic acids is 2. The van der Waals surface area contributed by atoms with Crippen LogP contribution in [0, 0.1) is 5.92 Å². The Morgan fingerprint density at radius 1 is 1.15 bits per heavy atom. The van der Waals surface area contributed by atoms with E-state index in [2.05, 4.69) is 15.5 Å². The van der Waals surface area contributed by atoms with Crippen LogP contribution < -0.4 is 5.43 Å². The lowest BCUT2D eigenvalue weighted by atomic mass is 9.95. The van der Waals surface area contributed by atoms with Gasteiger partial charge in [-0.3, -0.25) is 14.6 Å². The number of amides is 2. The third kappa shape index (κ3) is 4.46. The van der Waals surface area contributed by atoms with Gasteiger partial charge in [-0.05, 0) is 42.7 Å². The zero-order valence-corrected chi connectivity index (χ0v) is 14.9. The van der Waals surface area contributed by atoms with Gasteiger partial charge in [0.1, 0.15) is 0 Å². The van der Waals surface area contributed by atoms with Crippen molar-refractivity contribution in [2.75, 3.05) is 13.1 Å². The minimum Gasteiger partial charge on any atom is -0.339 e. The lowest BCUT2D eigenvalue weighted by Crippen LogP contribution is -2.42. The lowest BCUT2D eigenvalue weighted by molar-refractivity contribution is -0.126. The van der Waals surface area contributed by atoms with Crippen LogP contribution in [0.15, 0.2) is 53.9 Å². The Labute approximate surface area is 156 Å². The van der Waals surface area contributed by atoms with E-state index < -0.39 is 0 Å². The van der Waals surface area contributed by atoms with Gasteiger partial charge in [0.2, 0.25) is 5.91 Å². The van der Waals surface area contributed by atoms with Crippen molar-refractivity contribution in [2.45, 2.75) is 12.8 Å². The summed E-state index contributed by atoms with van der Waals surface area (Å²) in [7, 11) is 0. The van der Waals surface area contributed by atoms with E-state index in [0.29, 0.717) is 36.5 Å². The highest BCUT2D eigenvalue weighted by atomic mass is 35.5. The van der Waals surface area contributed by atoms with E-state index in [1.165, 1.54) is 0 Å². The molecule has 0 atom stereocenters. The molecule has 0 unspecified atom stereocenters. The maximum atomic E-state index is 12.5. The number of benzene rings is 1. The van der Waals surface area contributed by atoms with Gasteiger partial charge in [-0.2, -0.15) is 5.10 Å². The third-order valence-electron chi connectivity index (χ3n) is 4.35. The summed E-state index contributed by atoms with van der Waals surface area (Å²) in [6, 6.07) is 10.6. The van der Waals surface area contributed by atoms with Gasteiger partial charge < -0.3 is 4.90 Å². The Bertz CT molecular complexity index is 802. The molecule has 26 heavy (non-hydrogen) atoms. The van der Waals surface area contributed by atoms with Crippen molar-refractivity contribution in [3.8, 4) is 0 Å². The number of nitrogens with zero attached hydrogens (tertiary/aromatic N) is 3. The monoisotopic (exact) mass is 370 g/mol. The molecule has 134 valence electrons. The quantitative estimate of drug-likeness (QED) is 0.664. The second-order valence-electron chi connectivity index (χ2n) is 6.06. The van der Waals surface area contributed by atoms with E-state index in [9.17, 15) is 9.59 Å². The normalized spacial score (nSPS) is 15.2. The van der Waals surface area contributed by atoms with Crippen LogP contribution in [0.25, 0.3) is 0 Å². The summed E-state index contributed by atoms with van der Waals surface area (Å²) in [6.45, 7) is 1.05. The maximum absolute atomic E-state index is 12.5. The first-order valence-electron chi connectivity index (χ1n) is 8.42. The zero-order valence-electron chi connectivity index (χ0n) is 14.1. The number of pyridine rings is 1. The topological polar surface area (TPSA) is 74.7 Å². The highest BCUT2D eigenvalue weighted by Gasteiger charge is 2.28. The molecule has 1 aliphatic rings. The van der Waals surface area contributed by atoms with Crippen molar-refractivity contribution in [1.29, 1.82) is 0 Å². The molecule has 0 aliphatic carbocycles. The molecule has 6 nitrogen and oxygen atoms in total. The maximum Gasteiger partial charge on any atom is 0.255 e. The number of piperidine rings is 1. The fourth-order valence-corrected chi connectivity index (χ4v) is 3.08. The second kappa shape index (κ2) is 8.58. The smallest absolute Gasteiger partial charge is 0.255 e. The number of halogens is 1. The highest BCUT2D eigenvalue weighted by molar-refractivity contribution is 6.33. The first kappa shape index (κ1) is 18.1. The van der Waals surface area contributed by atoms with Crippen LogP contribution in [0.2, 0.25) is 5.02 Å². The summed E-state index contributed by atoms with van der Waals surface area (Å²) in [5, 5.41) is 4.43. The van der Waals surface area contributed by atoms with Gasteiger partial charge in [0, 0.05) is 31.4 Å². The summed E-state index contributed by atoms with van der Waals surface area (Å²) >= 11 is 6.09. The van der Waals surface area contributed by atoms with Crippen LogP contribution in [0.3, 0.4) is 0 Å². The largest absolute Gasteiger partial charge is 0.339 e. The van der Waals surface area contributed by atoms with Gasteiger partial charge in [-0.1, -0.05) is 23.7 Å². The first-order valence-corrected chi connectivity index (χ1v) is 8.79. The molecular weight excluding hydrogens is 352 g/mol. The van der Waals surface area contributed by atoms with Crippen LogP contribution in [0.4, 0.5) is 0 Å². The van der Waals surface area contributed by atoms with Crippen LogP contribution in [0.1, 0.15) is 28.8 Å². The second-order valence-corrected chi connectivity index (χ2v) is 6.47. The molecule has 3 rings (SSSR count). The number of carbonyl (C=O) groups is 2. The Balaban J connectivity index is 1.50. The Hall–Kier alpha value is -2.73. The van der Waals surface area contributed by atoms with Crippen LogP contribution >= 0.6 is 11.6 Å². The molecule has 1 N–H and O–H groups in total. The minimum absolute atomic E-state index is 0.0924. The highest BCUT2D eigenvalue weighted by Crippen LogP contribution is 2.22. The van der Waals surface area contributed by atoms with Gasteiger partial charge >= 0.3 is 0 Å². The Kier molecular flexibility index (Phi) is 5.96. The van der Waals surface area contributed by atoms with Gasteiger partial charge in [-0.25, -0.2) is 5.43 Å². The average molecular weight is 371 g/mol. The molecule has 0 saturated carbocycles. The molecule has 1 aromatic carbocycles. The van der Waals surface area contributed by atoms with E-state index in [4.69, 9.17) is 11.6 Å². The fourth-order valence-electron chi connectivity index (χ4n) is 2.86. The standard InChI is InChI=1S/C19H19ClN4O2/c20-17-4-2-1-3-16(17)19(26)24-11-7-15(8-12-24)18(25)23-22-13-14-5-9-21-10-6-14/h1-6,9-10,13,15H,7-8,11-12H2,(H,23,25)/b22-13-. The summed E-state index contributed by atoms with van der Waals surface area (Å²) in [4.78, 5) is 30.4. The van der Waals surface area contributed by atoms with Gasteiger partial charge in [0.05, 0.1) is 16.8 Å². The number of hydrazone groups is 1. The number of aromatic nitrogens is 1. The van der Waals surface area contributed by atoms with E-state index in [0.717, 1.165) is 5.56 Å². The molecule has 0 spiro atoms. The number of rotatable bonds is 4. The van der Waals surface area contributed by atoms with Crippen LogP contribution in [0.5, 0.6) is 0 Å². The van der Waals surface area contributed by atoms with E-state index in [1.54, 1.807) is 59.9 Å². The molecule has 1 fully saturated rings. The molecule has 0 radical (unpaired) electrons. The third-order valence-corrected chi connectivity index (χ3v) is 4.68. The lowest BCUT2D eigenvalue weighted by Gasteiger charge is -2.31. The molecule has 1 aromatic heterocycles. The molecule has 1 aliphatic heterocycles. The number of hydrogen-bond donors (Lipinski definition) is 1. The number of hydrogen-bond acceptors (Lipinski definition) is 4. The minimum atomic E-state index is -0.153. The summed E-state index contributed by atoms with van der Waals surface area (Å²) in [6.07, 6.45) is 6.11. The van der Waals surface area contributed by atoms with Gasteiger partial charge in [0.15, 0.2) is 0 Å². The van der Waals surface area contributed by atoms with E-state index >= 15 is 0 Å². The van der Waals surface area contributed by atoms with Gasteiger partial charge in [0.25, 0.3) is 5.91 Å². The van der Waals surface area contributed by atoms with Crippen molar-refractivity contribution < 1.29 is 9.59 Å². The average Bonchev–Trinajstić information content (AvgIpc) is 2.69. The van der Waals surface area contributed by atoms with Crippen molar-refractivity contribution in [1.82, 2.24) is 15.3 Å². The Morgan fingerprint density at radius 3 is 2.54 bits per heavy atom. The summed E-state index contributed by atoms with van der Waals surface area (Å²) in [5.74, 6) is -0.370. The van der Waals surface area contributed by atoms with Crippen molar-refractivity contribution in [3.05, 3.63) is 64.9 Å². The van der Waals surface area contributed by atoms with E-state index in [1.807, 2.05) is 0 Å². The van der Waals surface area contributed by atoms with E-state index in [-0.39, 0.29) is 17.7 Å². The SMILES string of the molecule is O=C(N/N=C\c1ccncc1)C1CCN(C(=O)c2ccccc2Cl)CC1. The summed E-state index contributed by atoms with van der Waals surface area (Å²) in [5.41, 5.74) is 3.93. The molecular formula is C19H19ClN4O2. The molecule has 1 saturated heterocycles. The van der Waals surface area contributed by atoms with Crippen molar-refractivity contribution >= 4 is 29.6 Å². The van der Waals surface area contributed by atoms with Crippen molar-refractivity contribution in [3.63, 3.8) is 0 Å². The predicted octanol–water partition coefficient (Wildman–Crippen LogP) is 2.74. The molecule has 0 bridgehead atoms. The van der Waals surface area contributed by atoms with Crippen LogP contribution in [-0.2, 0) is 4.79 Å². The molecule has 2 aromatic rings. The van der Waals surface area contributed by atoms with Crippen LogP contribution in [-0.4, -0.2) is 41.0 Å². The van der Waals surface area contributed by atoms with Crippen molar-refractivity contribution in [2.24, 2.45) is 11.0 Å². The Morgan fingerprint density at radius 2 is 1.85 bits per heavy atom. The summed E-state index contributed by atoms with van der Waals surface area (Å²) < 4.78 is 0.